The molecule has 3 heteroatoms. The number of halogens is 2. The molecule has 0 amide bonds. The summed E-state index contributed by atoms with van der Waals surface area (Å²) in [5, 5.41) is 4.92. The van der Waals surface area contributed by atoms with E-state index in [4.69, 9.17) is 23.2 Å². The number of benzene rings is 1. The lowest BCUT2D eigenvalue weighted by molar-refractivity contribution is 0.556. The Balaban J connectivity index is 1.82. The van der Waals surface area contributed by atoms with Crippen LogP contribution in [0.2, 0.25) is 10.0 Å². The quantitative estimate of drug-likeness (QED) is 0.586. The van der Waals surface area contributed by atoms with E-state index in [-0.39, 0.29) is 0 Å². The molecule has 0 saturated heterocycles. The van der Waals surface area contributed by atoms with Gasteiger partial charge in [-0.2, -0.15) is 0 Å². The Morgan fingerprint density at radius 3 is 2.63 bits per heavy atom. The lowest BCUT2D eigenvalue weighted by atomic mass is 9.94. The Morgan fingerprint density at radius 2 is 1.84 bits per heavy atom. The number of anilines is 1. The molecule has 106 valence electrons. The van der Waals surface area contributed by atoms with Gasteiger partial charge in [0, 0.05) is 17.5 Å². The summed E-state index contributed by atoms with van der Waals surface area (Å²) < 4.78 is 0. The van der Waals surface area contributed by atoms with E-state index in [1.54, 1.807) is 0 Å². The summed E-state index contributed by atoms with van der Waals surface area (Å²) >= 11 is 12.3. The smallest absolute Gasteiger partial charge is 0.0655 e. The summed E-state index contributed by atoms with van der Waals surface area (Å²) in [7, 11) is 0. The molecule has 1 atom stereocenters. The van der Waals surface area contributed by atoms with Crippen molar-refractivity contribution in [2.24, 2.45) is 0 Å². The zero-order valence-electron chi connectivity index (χ0n) is 11.6. The van der Waals surface area contributed by atoms with E-state index >= 15 is 0 Å². The number of fused-ring (bicyclic) bond motifs is 1. The highest BCUT2D eigenvalue weighted by molar-refractivity contribution is 6.36. The molecular formula is C16H23Cl2N. The second kappa shape index (κ2) is 7.40. The van der Waals surface area contributed by atoms with Crippen molar-refractivity contribution >= 4 is 28.9 Å². The first kappa shape index (κ1) is 15.0. The van der Waals surface area contributed by atoms with Crippen molar-refractivity contribution < 1.29 is 0 Å². The molecule has 1 aliphatic heterocycles. The van der Waals surface area contributed by atoms with E-state index in [1.165, 1.54) is 50.5 Å². The third-order valence-corrected chi connectivity index (χ3v) is 4.47. The van der Waals surface area contributed by atoms with Crippen LogP contribution < -0.4 is 5.32 Å². The van der Waals surface area contributed by atoms with Gasteiger partial charge >= 0.3 is 0 Å². The fraction of sp³-hybridized carbons (Fsp3) is 0.625. The minimum atomic E-state index is 0.581. The normalized spacial score (nSPS) is 17.3. The standard InChI is InChI=1S/C16H23Cl2N/c1-2-3-4-5-6-7-8-12-11-19-16-14(12)9-13(17)10-15(16)18/h9-10,12,19H,2-8,11H2,1H3. The van der Waals surface area contributed by atoms with E-state index in [9.17, 15) is 0 Å². The molecule has 1 aromatic rings. The van der Waals surface area contributed by atoms with E-state index < -0.39 is 0 Å². The van der Waals surface area contributed by atoms with Crippen LogP contribution in [0.4, 0.5) is 5.69 Å². The van der Waals surface area contributed by atoms with Gasteiger partial charge in [0.1, 0.15) is 0 Å². The van der Waals surface area contributed by atoms with Crippen molar-refractivity contribution in [2.45, 2.75) is 57.8 Å². The Hall–Kier alpha value is -0.400. The molecule has 0 fully saturated rings. The average molecular weight is 300 g/mol. The Bertz CT molecular complexity index is 417. The average Bonchev–Trinajstić information content (AvgIpc) is 2.77. The zero-order chi connectivity index (χ0) is 13.7. The summed E-state index contributed by atoms with van der Waals surface area (Å²) in [5.41, 5.74) is 2.41. The van der Waals surface area contributed by atoms with Gasteiger partial charge in [-0.1, -0.05) is 68.7 Å². The van der Waals surface area contributed by atoms with Gasteiger partial charge in [-0.3, -0.25) is 0 Å². The maximum atomic E-state index is 6.21. The van der Waals surface area contributed by atoms with Crippen molar-refractivity contribution in [1.82, 2.24) is 0 Å². The fourth-order valence-corrected chi connectivity index (χ4v) is 3.44. The summed E-state index contributed by atoms with van der Waals surface area (Å²) in [6.07, 6.45) is 9.34. The molecule has 1 heterocycles. The van der Waals surface area contributed by atoms with Crippen molar-refractivity contribution in [1.29, 1.82) is 0 Å². The number of hydrogen-bond donors (Lipinski definition) is 1. The van der Waals surface area contributed by atoms with E-state index in [0.717, 1.165) is 22.3 Å². The van der Waals surface area contributed by atoms with Gasteiger partial charge in [0.05, 0.1) is 10.7 Å². The van der Waals surface area contributed by atoms with Gasteiger partial charge in [-0.05, 0) is 24.1 Å². The van der Waals surface area contributed by atoms with Gasteiger partial charge < -0.3 is 5.32 Å². The maximum absolute atomic E-state index is 6.21. The highest BCUT2D eigenvalue weighted by atomic mass is 35.5. The lowest BCUT2D eigenvalue weighted by Crippen LogP contribution is -2.01. The lowest BCUT2D eigenvalue weighted by Gasteiger charge is -2.10. The first-order valence-corrected chi connectivity index (χ1v) is 8.20. The molecular weight excluding hydrogens is 277 g/mol. The van der Waals surface area contributed by atoms with E-state index in [2.05, 4.69) is 18.3 Å². The van der Waals surface area contributed by atoms with Crippen LogP contribution in [0.25, 0.3) is 0 Å². The topological polar surface area (TPSA) is 12.0 Å². The summed E-state index contributed by atoms with van der Waals surface area (Å²) in [4.78, 5) is 0. The fourth-order valence-electron chi connectivity index (χ4n) is 2.87. The summed E-state index contributed by atoms with van der Waals surface area (Å²) in [6.45, 7) is 3.26. The van der Waals surface area contributed by atoms with Gasteiger partial charge in [0.15, 0.2) is 0 Å². The van der Waals surface area contributed by atoms with Crippen LogP contribution in [0.15, 0.2) is 12.1 Å². The largest absolute Gasteiger partial charge is 0.383 e. The van der Waals surface area contributed by atoms with Gasteiger partial charge in [0.25, 0.3) is 0 Å². The molecule has 0 radical (unpaired) electrons. The van der Waals surface area contributed by atoms with Gasteiger partial charge in [-0.15, -0.1) is 0 Å². The second-order valence-electron chi connectivity index (χ2n) is 5.49. The number of hydrogen-bond acceptors (Lipinski definition) is 1. The van der Waals surface area contributed by atoms with Gasteiger partial charge in [-0.25, -0.2) is 0 Å². The zero-order valence-corrected chi connectivity index (χ0v) is 13.2. The highest BCUT2D eigenvalue weighted by Crippen LogP contribution is 2.41. The molecule has 1 aliphatic rings. The highest BCUT2D eigenvalue weighted by Gasteiger charge is 2.24. The molecule has 0 bridgehead atoms. The van der Waals surface area contributed by atoms with Crippen molar-refractivity contribution in [3.8, 4) is 0 Å². The Morgan fingerprint density at radius 1 is 1.11 bits per heavy atom. The predicted octanol–water partition coefficient (Wildman–Crippen LogP) is 6.25. The molecule has 0 aromatic heterocycles. The predicted molar refractivity (Wildman–Crippen MR) is 85.7 cm³/mol. The Labute approximate surface area is 126 Å². The van der Waals surface area contributed by atoms with Crippen LogP contribution in [-0.4, -0.2) is 6.54 Å². The number of unbranched alkanes of at least 4 members (excludes halogenated alkanes) is 5. The number of nitrogens with one attached hydrogen (secondary N) is 1. The molecule has 1 N–H and O–H groups in total. The van der Waals surface area contributed by atoms with Crippen LogP contribution in [0.5, 0.6) is 0 Å². The SMILES string of the molecule is CCCCCCCCC1CNc2c(Cl)cc(Cl)cc21. The molecule has 0 aliphatic carbocycles. The molecule has 0 saturated carbocycles. The molecule has 0 spiro atoms. The van der Waals surface area contributed by atoms with E-state index in [1.807, 2.05) is 6.07 Å². The molecule has 1 aromatic carbocycles. The minimum Gasteiger partial charge on any atom is -0.383 e. The van der Waals surface area contributed by atoms with Crippen molar-refractivity contribution in [3.63, 3.8) is 0 Å². The molecule has 1 nitrogen and oxygen atoms in total. The first-order chi connectivity index (χ1) is 9.22. The third-order valence-electron chi connectivity index (χ3n) is 3.96. The summed E-state index contributed by atoms with van der Waals surface area (Å²) in [6, 6.07) is 3.90. The van der Waals surface area contributed by atoms with Crippen molar-refractivity contribution in [2.75, 3.05) is 11.9 Å². The second-order valence-corrected chi connectivity index (χ2v) is 6.33. The summed E-state index contributed by atoms with van der Waals surface area (Å²) in [5.74, 6) is 0.581. The van der Waals surface area contributed by atoms with Crippen LogP contribution in [0.3, 0.4) is 0 Å². The molecule has 1 unspecified atom stereocenters. The third kappa shape index (κ3) is 4.03. The van der Waals surface area contributed by atoms with Crippen LogP contribution >= 0.6 is 23.2 Å². The minimum absolute atomic E-state index is 0.581. The monoisotopic (exact) mass is 299 g/mol. The molecule has 2 rings (SSSR count). The van der Waals surface area contributed by atoms with Gasteiger partial charge in [0.2, 0.25) is 0 Å². The van der Waals surface area contributed by atoms with Crippen LogP contribution in [0.1, 0.15) is 63.4 Å². The van der Waals surface area contributed by atoms with Crippen LogP contribution in [-0.2, 0) is 0 Å². The van der Waals surface area contributed by atoms with Crippen LogP contribution in [0, 0.1) is 0 Å². The molecule has 19 heavy (non-hydrogen) atoms. The van der Waals surface area contributed by atoms with E-state index in [0.29, 0.717) is 5.92 Å². The number of rotatable bonds is 7. The maximum Gasteiger partial charge on any atom is 0.0655 e. The Kier molecular flexibility index (Phi) is 5.84. The first-order valence-electron chi connectivity index (χ1n) is 7.45. The van der Waals surface area contributed by atoms with Crippen molar-refractivity contribution in [3.05, 3.63) is 27.7 Å².